The van der Waals surface area contributed by atoms with Crippen molar-refractivity contribution >= 4 is 33.6 Å². The van der Waals surface area contributed by atoms with E-state index in [2.05, 4.69) is 21.6 Å². The highest BCUT2D eigenvalue weighted by Gasteiger charge is 2.27. The number of hydrogen-bond donors (Lipinski definition) is 2. The fraction of sp³-hybridized carbons (Fsp3) is 0.462. The molecule has 36 heavy (non-hydrogen) atoms. The average molecular weight is 509 g/mol. The number of aromatic nitrogens is 2. The van der Waals surface area contributed by atoms with Crippen LogP contribution in [0.15, 0.2) is 35.1 Å². The second kappa shape index (κ2) is 10.7. The number of benzene rings is 1. The van der Waals surface area contributed by atoms with E-state index < -0.39 is 11.7 Å². The van der Waals surface area contributed by atoms with E-state index in [1.54, 1.807) is 10.6 Å². The Morgan fingerprint density at radius 2 is 2.11 bits per heavy atom. The number of piperidine rings is 1. The molecule has 1 saturated heterocycles. The summed E-state index contributed by atoms with van der Waals surface area (Å²) in [7, 11) is 1.87. The Hall–Kier alpha value is -3.42. The van der Waals surface area contributed by atoms with Gasteiger partial charge in [-0.1, -0.05) is 18.2 Å². The lowest BCUT2D eigenvalue weighted by Crippen LogP contribution is -2.50. The lowest BCUT2D eigenvalue weighted by atomic mass is 10.1. The first-order chi connectivity index (χ1) is 17.2. The number of ether oxygens (including phenoxy) is 1. The Morgan fingerprint density at radius 3 is 2.83 bits per heavy atom. The number of carbonyl (C=O) groups excluding carboxylic acids is 1. The molecule has 0 spiro atoms. The number of nitrogens with one attached hydrogen (secondary N) is 2. The van der Waals surface area contributed by atoms with Crippen LogP contribution in [-0.4, -0.2) is 47.4 Å². The van der Waals surface area contributed by atoms with Crippen LogP contribution in [0, 0.1) is 11.3 Å². The van der Waals surface area contributed by atoms with Crippen molar-refractivity contribution in [3.63, 3.8) is 0 Å². The summed E-state index contributed by atoms with van der Waals surface area (Å²) in [4.78, 5) is 34.1. The van der Waals surface area contributed by atoms with Gasteiger partial charge in [-0.25, -0.2) is 9.78 Å². The van der Waals surface area contributed by atoms with Crippen LogP contribution < -0.4 is 21.1 Å². The molecule has 1 atom stereocenters. The smallest absolute Gasteiger partial charge is 0.407 e. The molecular weight excluding hydrogens is 476 g/mol. The van der Waals surface area contributed by atoms with Crippen LogP contribution in [0.1, 0.15) is 49.6 Å². The first kappa shape index (κ1) is 25.7. The quantitative estimate of drug-likeness (QED) is 0.523. The summed E-state index contributed by atoms with van der Waals surface area (Å²) in [5.41, 5.74) is 1.25. The minimum Gasteiger partial charge on any atom is -0.444 e. The number of thiophene rings is 1. The third-order valence-corrected chi connectivity index (χ3v) is 7.02. The molecular formula is C26H32N6O3S. The monoisotopic (exact) mass is 508 g/mol. The summed E-state index contributed by atoms with van der Waals surface area (Å²) in [6.45, 7) is 7.60. The molecule has 10 heteroatoms. The van der Waals surface area contributed by atoms with Crippen LogP contribution in [-0.2, 0) is 17.8 Å². The highest BCUT2D eigenvalue weighted by Crippen LogP contribution is 2.26. The molecule has 2 aromatic heterocycles. The summed E-state index contributed by atoms with van der Waals surface area (Å²) >= 11 is 1.44. The van der Waals surface area contributed by atoms with Gasteiger partial charge < -0.3 is 20.3 Å². The highest BCUT2D eigenvalue weighted by atomic mass is 32.1. The molecule has 9 nitrogen and oxygen atoms in total. The van der Waals surface area contributed by atoms with Gasteiger partial charge in [0.2, 0.25) is 5.95 Å². The van der Waals surface area contributed by atoms with Gasteiger partial charge in [0.25, 0.3) is 5.56 Å². The predicted octanol–water partition coefficient (Wildman–Crippen LogP) is 3.59. The zero-order valence-corrected chi connectivity index (χ0v) is 21.9. The van der Waals surface area contributed by atoms with Crippen LogP contribution in [0.2, 0.25) is 0 Å². The Labute approximate surface area is 214 Å². The second-order valence-electron chi connectivity index (χ2n) is 9.96. The molecule has 1 aromatic carbocycles. The van der Waals surface area contributed by atoms with Gasteiger partial charge in [0.1, 0.15) is 10.3 Å². The minimum absolute atomic E-state index is 0.127. The van der Waals surface area contributed by atoms with Gasteiger partial charge in [0, 0.05) is 30.6 Å². The fourth-order valence-corrected chi connectivity index (χ4v) is 5.44. The zero-order valence-electron chi connectivity index (χ0n) is 21.1. The number of rotatable bonds is 6. The molecule has 4 rings (SSSR count). The SMILES string of the molecule is CNCc1cc2nc(N3CCC[C@@H](NC(=O)OC(C)(C)C)C3)n(Cc3ccccc3C#N)c(=O)c2s1. The maximum Gasteiger partial charge on any atom is 0.407 e. The van der Waals surface area contributed by atoms with Gasteiger partial charge >= 0.3 is 6.09 Å². The number of nitriles is 1. The molecule has 190 valence electrons. The Balaban J connectivity index is 1.71. The molecule has 0 aliphatic carbocycles. The maximum atomic E-state index is 13.7. The number of alkyl carbamates (subject to hydrolysis) is 1. The van der Waals surface area contributed by atoms with Crippen molar-refractivity contribution in [3.8, 4) is 6.07 Å². The molecule has 1 aliphatic rings. The molecule has 1 amide bonds. The first-order valence-electron chi connectivity index (χ1n) is 12.1. The summed E-state index contributed by atoms with van der Waals surface area (Å²) < 4.78 is 7.69. The van der Waals surface area contributed by atoms with Crippen LogP contribution >= 0.6 is 11.3 Å². The maximum absolute atomic E-state index is 13.7. The van der Waals surface area contributed by atoms with E-state index in [4.69, 9.17) is 9.72 Å². The molecule has 0 unspecified atom stereocenters. The van der Waals surface area contributed by atoms with Gasteiger partial charge in [-0.15, -0.1) is 11.3 Å². The van der Waals surface area contributed by atoms with Crippen molar-refractivity contribution in [2.24, 2.45) is 0 Å². The van der Waals surface area contributed by atoms with E-state index in [0.29, 0.717) is 41.4 Å². The number of anilines is 1. The van der Waals surface area contributed by atoms with Crippen LogP contribution in [0.3, 0.4) is 0 Å². The summed E-state index contributed by atoms with van der Waals surface area (Å²) in [5.74, 6) is 0.546. The van der Waals surface area contributed by atoms with Gasteiger partial charge in [-0.2, -0.15) is 5.26 Å². The largest absolute Gasteiger partial charge is 0.444 e. The number of carbonyl (C=O) groups is 1. The van der Waals surface area contributed by atoms with Gasteiger partial charge in [0.05, 0.1) is 23.7 Å². The average Bonchev–Trinajstić information content (AvgIpc) is 3.23. The minimum atomic E-state index is -0.580. The molecule has 0 bridgehead atoms. The third-order valence-electron chi connectivity index (χ3n) is 5.91. The van der Waals surface area contributed by atoms with Gasteiger partial charge in [-0.3, -0.25) is 9.36 Å². The summed E-state index contributed by atoms with van der Waals surface area (Å²) in [6, 6.07) is 11.3. The van der Waals surface area contributed by atoms with E-state index in [9.17, 15) is 14.9 Å². The molecule has 3 heterocycles. The van der Waals surface area contributed by atoms with E-state index >= 15 is 0 Å². The van der Waals surface area contributed by atoms with Crippen molar-refractivity contribution < 1.29 is 9.53 Å². The van der Waals surface area contributed by atoms with Crippen LogP contribution in [0.5, 0.6) is 0 Å². The molecule has 3 aromatic rings. The van der Waals surface area contributed by atoms with Crippen LogP contribution in [0.25, 0.3) is 10.2 Å². The third kappa shape index (κ3) is 5.86. The highest BCUT2D eigenvalue weighted by molar-refractivity contribution is 7.18. The Kier molecular flexibility index (Phi) is 7.62. The predicted molar refractivity (Wildman–Crippen MR) is 142 cm³/mol. The van der Waals surface area contributed by atoms with Crippen molar-refractivity contribution in [2.45, 2.75) is 58.3 Å². The topological polar surface area (TPSA) is 112 Å². The second-order valence-corrected chi connectivity index (χ2v) is 11.1. The molecule has 0 radical (unpaired) electrons. The Bertz CT molecular complexity index is 1350. The molecule has 0 saturated carbocycles. The van der Waals surface area contributed by atoms with E-state index in [0.717, 1.165) is 23.3 Å². The number of fused-ring (bicyclic) bond motifs is 1. The van der Waals surface area contributed by atoms with Crippen molar-refractivity contribution in [1.82, 2.24) is 20.2 Å². The normalized spacial score (nSPS) is 16.1. The van der Waals surface area contributed by atoms with Crippen molar-refractivity contribution in [2.75, 3.05) is 25.0 Å². The van der Waals surface area contributed by atoms with Crippen molar-refractivity contribution in [1.29, 1.82) is 5.26 Å². The standard InChI is InChI=1S/C26H32N6O3S/c1-26(2,3)35-25(34)29-19-10-7-11-31(16-19)24-30-21-12-20(14-28-4)36-22(21)23(33)32(24)15-18-9-6-5-8-17(18)13-27/h5-6,8-9,12,19,28H,7,10-11,14-16H2,1-4H3,(H,29,34)/t19-/m1/s1. The molecule has 2 N–H and O–H groups in total. The number of nitrogens with zero attached hydrogens (tertiary/aromatic N) is 4. The lowest BCUT2D eigenvalue weighted by Gasteiger charge is -2.35. The van der Waals surface area contributed by atoms with Crippen molar-refractivity contribution in [3.05, 3.63) is 56.7 Å². The summed E-state index contributed by atoms with van der Waals surface area (Å²) in [5, 5.41) is 15.7. The van der Waals surface area contributed by atoms with E-state index in [-0.39, 0.29) is 18.1 Å². The molecule has 1 fully saturated rings. The number of amides is 1. The van der Waals surface area contributed by atoms with E-state index in [1.807, 2.05) is 52.1 Å². The van der Waals surface area contributed by atoms with Gasteiger partial charge in [-0.05, 0) is 58.4 Å². The Morgan fingerprint density at radius 1 is 1.33 bits per heavy atom. The molecule has 1 aliphatic heterocycles. The number of hydrogen-bond acceptors (Lipinski definition) is 8. The summed E-state index contributed by atoms with van der Waals surface area (Å²) in [6.07, 6.45) is 1.19. The zero-order chi connectivity index (χ0) is 25.9. The van der Waals surface area contributed by atoms with Gasteiger partial charge in [0.15, 0.2) is 0 Å². The first-order valence-corrected chi connectivity index (χ1v) is 12.9. The lowest BCUT2D eigenvalue weighted by molar-refractivity contribution is 0.0499. The fourth-order valence-electron chi connectivity index (χ4n) is 4.38. The van der Waals surface area contributed by atoms with E-state index in [1.165, 1.54) is 11.3 Å². The van der Waals surface area contributed by atoms with Crippen LogP contribution in [0.4, 0.5) is 10.7 Å².